The van der Waals surface area contributed by atoms with Crippen LogP contribution in [-0.4, -0.2) is 74.6 Å². The van der Waals surface area contributed by atoms with Crippen molar-refractivity contribution in [3.05, 3.63) is 35.9 Å². The van der Waals surface area contributed by atoms with Crippen LogP contribution < -0.4 is 5.32 Å². The summed E-state index contributed by atoms with van der Waals surface area (Å²) in [6.07, 6.45) is 3.76. The molecule has 1 N–H and O–H groups in total. The van der Waals surface area contributed by atoms with Crippen molar-refractivity contribution < 1.29 is 14.3 Å². The summed E-state index contributed by atoms with van der Waals surface area (Å²) in [4.78, 5) is 29.9. The first-order chi connectivity index (χ1) is 13.6. The Kier molecular flexibility index (Phi) is 9.40. The number of carbonyl (C=O) groups excluding carboxylic acids is 2. The molecule has 0 bridgehead atoms. The molecule has 3 rings (SSSR count). The Labute approximate surface area is 180 Å². The smallest absolute Gasteiger partial charge is 0.231 e. The van der Waals surface area contributed by atoms with E-state index >= 15 is 0 Å². The van der Waals surface area contributed by atoms with E-state index in [-0.39, 0.29) is 24.2 Å². The van der Waals surface area contributed by atoms with Gasteiger partial charge in [-0.25, -0.2) is 0 Å². The highest BCUT2D eigenvalue weighted by Gasteiger charge is 2.42. The quantitative estimate of drug-likeness (QED) is 0.761. The molecule has 0 radical (unpaired) electrons. The summed E-state index contributed by atoms with van der Waals surface area (Å²) in [7, 11) is 1.67. The van der Waals surface area contributed by atoms with E-state index < -0.39 is 5.41 Å². The molecule has 0 aliphatic carbocycles. The predicted octanol–water partition coefficient (Wildman–Crippen LogP) is 2.12. The number of nitrogens with one attached hydrogen (secondary N) is 1. The lowest BCUT2D eigenvalue weighted by molar-refractivity contribution is -0.147. The molecule has 0 atom stereocenters. The molecular formula is C22H34ClN3O3. The zero-order valence-corrected chi connectivity index (χ0v) is 18.2. The molecule has 0 saturated carbocycles. The van der Waals surface area contributed by atoms with Crippen molar-refractivity contribution in [1.82, 2.24) is 15.1 Å². The van der Waals surface area contributed by atoms with Gasteiger partial charge in [0.05, 0.1) is 12.0 Å². The number of hydrogen-bond donors (Lipinski definition) is 1. The van der Waals surface area contributed by atoms with E-state index in [9.17, 15) is 9.59 Å². The Morgan fingerprint density at radius 2 is 1.69 bits per heavy atom. The van der Waals surface area contributed by atoms with Gasteiger partial charge < -0.3 is 19.9 Å². The van der Waals surface area contributed by atoms with Gasteiger partial charge in [0.2, 0.25) is 11.8 Å². The lowest BCUT2D eigenvalue weighted by Gasteiger charge is -2.39. The number of carbonyl (C=O) groups is 2. The lowest BCUT2D eigenvalue weighted by atomic mass is 9.78. The summed E-state index contributed by atoms with van der Waals surface area (Å²) in [6.45, 7) is 4.88. The molecule has 0 spiro atoms. The third-order valence-corrected chi connectivity index (χ3v) is 6.04. The van der Waals surface area contributed by atoms with E-state index in [0.717, 1.165) is 51.9 Å². The largest absolute Gasteiger partial charge is 0.384 e. The van der Waals surface area contributed by atoms with Gasteiger partial charge in [0.25, 0.3) is 0 Å². The standard InChI is InChI=1S/C22H33N3O3.ClH/c1-28-18-22(10-12-23-13-11-22)21(27)25-15-5-14-24(16-17-25)20(26)9-8-19-6-3-2-4-7-19;/h2-4,6-7,23H,5,8-18H2,1H3;1H. The fourth-order valence-corrected chi connectivity index (χ4v) is 4.36. The normalized spacial score (nSPS) is 19.2. The van der Waals surface area contributed by atoms with Gasteiger partial charge in [-0.1, -0.05) is 30.3 Å². The van der Waals surface area contributed by atoms with Gasteiger partial charge >= 0.3 is 0 Å². The summed E-state index contributed by atoms with van der Waals surface area (Å²) in [5.74, 6) is 0.390. The van der Waals surface area contributed by atoms with Gasteiger partial charge in [-0.2, -0.15) is 0 Å². The van der Waals surface area contributed by atoms with Crippen LogP contribution in [0.5, 0.6) is 0 Å². The van der Waals surface area contributed by atoms with Crippen molar-refractivity contribution in [2.45, 2.75) is 32.1 Å². The molecular weight excluding hydrogens is 390 g/mol. The first-order valence-electron chi connectivity index (χ1n) is 10.5. The number of hydrogen-bond acceptors (Lipinski definition) is 4. The van der Waals surface area contributed by atoms with E-state index in [0.29, 0.717) is 26.1 Å². The lowest BCUT2D eigenvalue weighted by Crippen LogP contribution is -2.52. The van der Waals surface area contributed by atoms with Crippen LogP contribution in [0.3, 0.4) is 0 Å². The van der Waals surface area contributed by atoms with Crippen molar-refractivity contribution in [3.8, 4) is 0 Å². The van der Waals surface area contributed by atoms with Gasteiger partial charge in [0, 0.05) is 39.7 Å². The first-order valence-corrected chi connectivity index (χ1v) is 10.5. The fourth-order valence-electron chi connectivity index (χ4n) is 4.36. The third-order valence-electron chi connectivity index (χ3n) is 6.04. The number of halogens is 1. The maximum Gasteiger partial charge on any atom is 0.231 e. The van der Waals surface area contributed by atoms with Crippen molar-refractivity contribution in [2.24, 2.45) is 5.41 Å². The Bertz CT molecular complexity index is 644. The molecule has 29 heavy (non-hydrogen) atoms. The molecule has 2 aliphatic heterocycles. The topological polar surface area (TPSA) is 61.9 Å². The highest BCUT2D eigenvalue weighted by molar-refractivity contribution is 5.85. The second-order valence-electron chi connectivity index (χ2n) is 7.98. The molecule has 2 aliphatic rings. The number of benzene rings is 1. The van der Waals surface area contributed by atoms with Crippen molar-refractivity contribution in [1.29, 1.82) is 0 Å². The van der Waals surface area contributed by atoms with Crippen molar-refractivity contribution >= 4 is 24.2 Å². The molecule has 2 amide bonds. The van der Waals surface area contributed by atoms with E-state index in [1.54, 1.807) is 7.11 Å². The maximum atomic E-state index is 13.3. The zero-order valence-electron chi connectivity index (χ0n) is 17.4. The van der Waals surface area contributed by atoms with Gasteiger partial charge in [0.15, 0.2) is 0 Å². The minimum Gasteiger partial charge on any atom is -0.384 e. The number of aryl methyl sites for hydroxylation is 1. The maximum absolute atomic E-state index is 13.3. The van der Waals surface area contributed by atoms with Crippen LogP contribution in [-0.2, 0) is 20.7 Å². The highest BCUT2D eigenvalue weighted by atomic mass is 35.5. The third kappa shape index (κ3) is 6.17. The molecule has 2 fully saturated rings. The zero-order chi connectivity index (χ0) is 19.8. The molecule has 2 heterocycles. The van der Waals surface area contributed by atoms with E-state index in [1.807, 2.05) is 28.0 Å². The molecule has 6 nitrogen and oxygen atoms in total. The summed E-state index contributed by atoms with van der Waals surface area (Å²) in [5.41, 5.74) is 0.779. The number of rotatable bonds is 6. The SMILES string of the molecule is COCC1(C(=O)N2CCCN(C(=O)CCc3ccccc3)CC2)CCNCC1.Cl. The van der Waals surface area contributed by atoms with Crippen molar-refractivity contribution in [2.75, 3.05) is 53.0 Å². The van der Waals surface area contributed by atoms with Gasteiger partial charge in [-0.05, 0) is 44.3 Å². The van der Waals surface area contributed by atoms with Gasteiger partial charge in [-0.3, -0.25) is 9.59 Å². The van der Waals surface area contributed by atoms with E-state index in [2.05, 4.69) is 17.4 Å². The van der Waals surface area contributed by atoms with Gasteiger partial charge in [0.1, 0.15) is 0 Å². The second-order valence-corrected chi connectivity index (χ2v) is 7.98. The fraction of sp³-hybridized carbons (Fsp3) is 0.636. The molecule has 1 aromatic carbocycles. The number of methoxy groups -OCH3 is 1. The summed E-state index contributed by atoms with van der Waals surface area (Å²) in [5, 5.41) is 3.34. The Hall–Kier alpha value is -1.63. The van der Waals surface area contributed by atoms with Gasteiger partial charge in [-0.15, -0.1) is 12.4 Å². The number of amides is 2. The van der Waals surface area contributed by atoms with Crippen LogP contribution in [0.25, 0.3) is 0 Å². The summed E-state index contributed by atoms with van der Waals surface area (Å²) >= 11 is 0. The molecule has 2 saturated heterocycles. The Morgan fingerprint density at radius 3 is 2.38 bits per heavy atom. The van der Waals surface area contributed by atoms with E-state index in [4.69, 9.17) is 4.74 Å². The molecule has 162 valence electrons. The average Bonchev–Trinajstić information content (AvgIpc) is 2.99. The number of ether oxygens (including phenoxy) is 1. The molecule has 7 heteroatoms. The van der Waals surface area contributed by atoms with Crippen LogP contribution >= 0.6 is 12.4 Å². The Balaban J connectivity index is 0.00000300. The first kappa shape index (κ1) is 23.6. The molecule has 1 aromatic rings. The Morgan fingerprint density at radius 1 is 1.03 bits per heavy atom. The average molecular weight is 424 g/mol. The second kappa shape index (κ2) is 11.5. The van der Waals surface area contributed by atoms with Crippen molar-refractivity contribution in [3.63, 3.8) is 0 Å². The molecule has 0 aromatic heterocycles. The highest BCUT2D eigenvalue weighted by Crippen LogP contribution is 2.32. The number of piperidine rings is 1. The minimum absolute atomic E-state index is 0. The van der Waals surface area contributed by atoms with Crippen LogP contribution in [0.1, 0.15) is 31.2 Å². The minimum atomic E-state index is -0.410. The van der Waals surface area contributed by atoms with E-state index in [1.165, 1.54) is 5.56 Å². The van der Waals surface area contributed by atoms with Crippen LogP contribution in [0, 0.1) is 5.41 Å². The van der Waals surface area contributed by atoms with Crippen LogP contribution in [0.4, 0.5) is 0 Å². The predicted molar refractivity (Wildman–Crippen MR) is 116 cm³/mol. The van der Waals surface area contributed by atoms with Crippen LogP contribution in [0.15, 0.2) is 30.3 Å². The van der Waals surface area contributed by atoms with Crippen LogP contribution in [0.2, 0.25) is 0 Å². The summed E-state index contributed by atoms with van der Waals surface area (Å²) < 4.78 is 5.42. The molecule has 0 unspecified atom stereocenters. The summed E-state index contributed by atoms with van der Waals surface area (Å²) in [6, 6.07) is 10.1. The number of nitrogens with zero attached hydrogens (tertiary/aromatic N) is 2. The monoisotopic (exact) mass is 423 g/mol.